The van der Waals surface area contributed by atoms with Crippen molar-refractivity contribution < 1.29 is 29.3 Å². The van der Waals surface area contributed by atoms with Gasteiger partial charge in [0.05, 0.1) is 37.8 Å². The van der Waals surface area contributed by atoms with Crippen LogP contribution in [0.25, 0.3) is 0 Å². The normalized spacial score (nSPS) is 19.0. The minimum atomic E-state index is -0.811. The smallest absolute Gasteiger partial charge is 0.317 e. The van der Waals surface area contributed by atoms with Crippen LogP contribution >= 0.6 is 11.3 Å². The zero-order valence-electron chi connectivity index (χ0n) is 15.2. The Kier molecular flexibility index (Phi) is 6.83. The van der Waals surface area contributed by atoms with Gasteiger partial charge >= 0.3 is 5.97 Å². The Morgan fingerprint density at radius 3 is 2.81 bits per heavy atom. The van der Waals surface area contributed by atoms with E-state index in [1.807, 2.05) is 11.0 Å². The van der Waals surface area contributed by atoms with Crippen LogP contribution in [0.4, 0.5) is 0 Å². The summed E-state index contributed by atoms with van der Waals surface area (Å²) in [4.78, 5) is 27.1. The molecule has 0 aliphatic carbocycles. The minimum Gasteiger partial charge on any atom is -0.480 e. The van der Waals surface area contributed by atoms with Gasteiger partial charge in [0.2, 0.25) is 0 Å². The first-order chi connectivity index (χ1) is 13.0. The summed E-state index contributed by atoms with van der Waals surface area (Å²) < 4.78 is 11.3. The number of aliphatic carboxylic acids is 1. The van der Waals surface area contributed by atoms with Crippen LogP contribution in [0.2, 0.25) is 0 Å². The third-order valence-electron chi connectivity index (χ3n) is 4.99. The van der Waals surface area contributed by atoms with Crippen LogP contribution in [-0.4, -0.2) is 79.6 Å². The van der Waals surface area contributed by atoms with E-state index in [4.69, 9.17) is 19.7 Å². The lowest BCUT2D eigenvalue weighted by Gasteiger charge is -2.43. The third-order valence-corrected chi connectivity index (χ3v) is 6.35. The Morgan fingerprint density at radius 1 is 1.33 bits per heavy atom. The van der Waals surface area contributed by atoms with Crippen molar-refractivity contribution in [2.45, 2.75) is 24.9 Å². The summed E-state index contributed by atoms with van der Waals surface area (Å²) in [7, 11) is 0. The molecule has 3 N–H and O–H groups in total. The monoisotopic (exact) mass is 398 g/mol. The van der Waals surface area contributed by atoms with Crippen LogP contribution in [0.15, 0.2) is 6.07 Å². The minimum absolute atomic E-state index is 0.0302. The number of rotatable bonds is 8. The Bertz CT molecular complexity index is 669. The van der Waals surface area contributed by atoms with E-state index in [1.165, 1.54) is 16.9 Å². The van der Waals surface area contributed by atoms with Crippen LogP contribution in [0.1, 0.15) is 33.0 Å². The number of carboxylic acid groups (broad SMARTS) is 1. The molecular formula is C18H26N2O6S. The molecule has 150 valence electrons. The van der Waals surface area contributed by atoms with Gasteiger partial charge in [0.1, 0.15) is 5.60 Å². The van der Waals surface area contributed by atoms with Crippen molar-refractivity contribution in [3.05, 3.63) is 21.4 Å². The van der Waals surface area contributed by atoms with Gasteiger partial charge in [-0.05, 0) is 30.9 Å². The van der Waals surface area contributed by atoms with Gasteiger partial charge in [-0.1, -0.05) is 0 Å². The van der Waals surface area contributed by atoms with Crippen LogP contribution < -0.4 is 5.32 Å². The van der Waals surface area contributed by atoms with E-state index in [0.29, 0.717) is 37.7 Å². The number of piperidine rings is 1. The number of nitrogens with one attached hydrogen (secondary N) is 1. The van der Waals surface area contributed by atoms with Crippen molar-refractivity contribution in [3.8, 4) is 0 Å². The molecule has 3 heterocycles. The molecule has 1 saturated heterocycles. The molecule has 1 spiro atoms. The summed E-state index contributed by atoms with van der Waals surface area (Å²) in [6, 6.07) is 1.96. The second-order valence-corrected chi connectivity index (χ2v) is 7.87. The second-order valence-electron chi connectivity index (χ2n) is 6.82. The fraction of sp³-hybridized carbons (Fsp3) is 0.667. The Balaban J connectivity index is 1.63. The summed E-state index contributed by atoms with van der Waals surface area (Å²) >= 11 is 1.48. The number of hydrogen-bond acceptors (Lipinski definition) is 7. The molecule has 2 aliphatic heterocycles. The molecule has 0 atom stereocenters. The van der Waals surface area contributed by atoms with Crippen LogP contribution in [0.5, 0.6) is 0 Å². The molecule has 0 saturated carbocycles. The number of carbonyl (C=O) groups is 2. The zero-order chi connectivity index (χ0) is 19.3. The van der Waals surface area contributed by atoms with Crippen LogP contribution in [0.3, 0.4) is 0 Å². The molecule has 3 rings (SSSR count). The van der Waals surface area contributed by atoms with Gasteiger partial charge in [-0.3, -0.25) is 14.5 Å². The first-order valence-electron chi connectivity index (χ1n) is 9.22. The predicted molar refractivity (Wildman–Crippen MR) is 99.2 cm³/mol. The standard InChI is InChI=1S/C18H26N2O6S/c21-7-10-25-9-4-19-17(24)14-11-13-1-8-26-18(16(13)27-14)2-5-20(6-3-18)12-15(22)23/h11,21H,1-10,12H2,(H,19,24)(H,22,23). The SMILES string of the molecule is O=C(O)CN1CCC2(CC1)OCCc1cc(C(=O)NCCOCCO)sc12. The molecule has 8 nitrogen and oxygen atoms in total. The van der Waals surface area contributed by atoms with Crippen molar-refractivity contribution in [3.63, 3.8) is 0 Å². The Hall–Kier alpha value is -1.52. The van der Waals surface area contributed by atoms with Crippen molar-refractivity contribution in [1.82, 2.24) is 10.2 Å². The molecule has 0 bridgehead atoms. The third kappa shape index (κ3) is 4.85. The molecule has 0 unspecified atom stereocenters. The maximum atomic E-state index is 12.4. The number of aliphatic hydroxyl groups is 1. The highest BCUT2D eigenvalue weighted by Crippen LogP contribution is 2.45. The van der Waals surface area contributed by atoms with E-state index < -0.39 is 11.6 Å². The quantitative estimate of drug-likeness (QED) is 0.545. The molecule has 9 heteroatoms. The van der Waals surface area contributed by atoms with Gasteiger partial charge in [-0.2, -0.15) is 0 Å². The summed E-state index contributed by atoms with van der Waals surface area (Å²) in [5.41, 5.74) is 0.773. The largest absolute Gasteiger partial charge is 0.480 e. The molecule has 1 aromatic rings. The number of carbonyl (C=O) groups excluding carboxylic acids is 1. The summed E-state index contributed by atoms with van der Waals surface area (Å²) in [5.74, 6) is -0.935. The van der Waals surface area contributed by atoms with Gasteiger partial charge in [-0.15, -0.1) is 11.3 Å². The summed E-state index contributed by atoms with van der Waals surface area (Å²) in [6.45, 7) is 3.02. The van der Waals surface area contributed by atoms with E-state index in [2.05, 4.69) is 5.32 Å². The highest BCUT2D eigenvalue weighted by molar-refractivity contribution is 7.14. The Morgan fingerprint density at radius 2 is 2.11 bits per heavy atom. The maximum Gasteiger partial charge on any atom is 0.317 e. The fourth-order valence-electron chi connectivity index (χ4n) is 3.66. The Labute approximate surface area is 162 Å². The number of nitrogens with zero attached hydrogens (tertiary/aromatic N) is 1. The number of ether oxygens (including phenoxy) is 2. The molecule has 1 amide bonds. The van der Waals surface area contributed by atoms with Gasteiger partial charge in [-0.25, -0.2) is 0 Å². The van der Waals surface area contributed by atoms with E-state index in [1.54, 1.807) is 0 Å². The lowest BCUT2D eigenvalue weighted by Crippen LogP contribution is -2.47. The number of carboxylic acids is 1. The van der Waals surface area contributed by atoms with E-state index in [9.17, 15) is 9.59 Å². The molecule has 0 radical (unpaired) electrons. The molecule has 1 fully saturated rings. The molecular weight excluding hydrogens is 372 g/mol. The van der Waals surface area contributed by atoms with Crippen molar-refractivity contribution in [2.24, 2.45) is 0 Å². The number of fused-ring (bicyclic) bond motifs is 2. The van der Waals surface area contributed by atoms with Crippen molar-refractivity contribution >= 4 is 23.2 Å². The fourth-order valence-corrected chi connectivity index (χ4v) is 4.99. The van der Waals surface area contributed by atoms with Crippen molar-refractivity contribution in [1.29, 1.82) is 0 Å². The average molecular weight is 398 g/mol. The number of aliphatic hydroxyl groups excluding tert-OH is 1. The predicted octanol–water partition coefficient (Wildman–Crippen LogP) is 0.435. The van der Waals surface area contributed by atoms with Gasteiger partial charge in [0, 0.05) is 24.5 Å². The number of thiophene rings is 1. The van der Waals surface area contributed by atoms with Gasteiger partial charge < -0.3 is 25.0 Å². The highest BCUT2D eigenvalue weighted by atomic mass is 32.1. The summed E-state index contributed by atoms with van der Waals surface area (Å²) in [6.07, 6.45) is 2.27. The molecule has 1 aromatic heterocycles. The van der Waals surface area contributed by atoms with Crippen molar-refractivity contribution in [2.75, 3.05) is 52.6 Å². The topological polar surface area (TPSA) is 108 Å². The lowest BCUT2D eigenvalue weighted by molar-refractivity contribution is -0.141. The molecule has 2 aliphatic rings. The van der Waals surface area contributed by atoms with E-state index >= 15 is 0 Å². The number of amides is 1. The first-order valence-corrected chi connectivity index (χ1v) is 10.0. The number of hydrogen-bond donors (Lipinski definition) is 3. The van der Waals surface area contributed by atoms with Crippen LogP contribution in [0, 0.1) is 0 Å². The van der Waals surface area contributed by atoms with Crippen LogP contribution in [-0.2, 0) is 26.3 Å². The van der Waals surface area contributed by atoms with E-state index in [0.717, 1.165) is 24.1 Å². The lowest BCUT2D eigenvalue weighted by atomic mass is 9.85. The molecule has 0 aromatic carbocycles. The maximum absolute atomic E-state index is 12.4. The molecule has 27 heavy (non-hydrogen) atoms. The van der Waals surface area contributed by atoms with E-state index in [-0.39, 0.29) is 25.7 Å². The average Bonchev–Trinajstić information content (AvgIpc) is 3.09. The zero-order valence-corrected chi connectivity index (χ0v) is 16.1. The highest BCUT2D eigenvalue weighted by Gasteiger charge is 2.42. The number of likely N-dealkylation sites (tertiary alicyclic amines) is 1. The van der Waals surface area contributed by atoms with Gasteiger partial charge in [0.15, 0.2) is 0 Å². The van der Waals surface area contributed by atoms with Gasteiger partial charge in [0.25, 0.3) is 5.91 Å². The first kappa shape index (κ1) is 20.2. The second kappa shape index (κ2) is 9.11. The summed E-state index contributed by atoms with van der Waals surface area (Å²) in [5, 5.41) is 20.5.